The van der Waals surface area contributed by atoms with Crippen molar-refractivity contribution in [3.8, 4) is 5.75 Å². The van der Waals surface area contributed by atoms with Crippen LogP contribution in [0.4, 0.5) is 4.79 Å². The minimum atomic E-state index is -1.09. The van der Waals surface area contributed by atoms with Gasteiger partial charge in [0.05, 0.1) is 12.2 Å². The minimum absolute atomic E-state index is 0.00327. The number of rotatable bonds is 14. The van der Waals surface area contributed by atoms with Crippen molar-refractivity contribution in [2.45, 2.75) is 84.8 Å². The quantitative estimate of drug-likeness (QED) is 0.295. The first-order valence-electron chi connectivity index (χ1n) is 14.1. The summed E-state index contributed by atoms with van der Waals surface area (Å²) in [5.41, 5.74) is -0.260. The predicted molar refractivity (Wildman–Crippen MR) is 151 cm³/mol. The summed E-state index contributed by atoms with van der Waals surface area (Å²) in [6.07, 6.45) is 4.96. The Bertz CT molecular complexity index is 810. The van der Waals surface area contributed by atoms with E-state index in [4.69, 9.17) is 9.47 Å². The average Bonchev–Trinajstić information content (AvgIpc) is 2.85. The third kappa shape index (κ3) is 10.1. The van der Waals surface area contributed by atoms with Crippen LogP contribution in [0.2, 0.25) is 0 Å². The van der Waals surface area contributed by atoms with Gasteiger partial charge in [0.25, 0.3) is 0 Å². The number of likely N-dealkylation sites (N-methyl/N-ethyl adjacent to an activating group) is 1. The van der Waals surface area contributed by atoms with Crippen molar-refractivity contribution < 1.29 is 19.4 Å². The number of carbonyl (C=O) groups excluding carboxylic acids is 1. The third-order valence-corrected chi connectivity index (χ3v) is 7.09. The first-order chi connectivity index (χ1) is 17.5. The number of likely N-dealkylation sites (tertiary alicyclic amines) is 1. The summed E-state index contributed by atoms with van der Waals surface area (Å²) in [6.45, 7) is 14.0. The van der Waals surface area contributed by atoms with Crippen LogP contribution in [-0.4, -0.2) is 69.1 Å². The molecule has 212 valence electrons. The average molecular weight is 520 g/mol. The molecule has 1 fully saturated rings. The number of methoxy groups -OCH3 is 1. The Hall–Kier alpha value is -1.83. The van der Waals surface area contributed by atoms with E-state index in [1.54, 1.807) is 7.11 Å². The number of nitrogens with zero attached hydrogens (tertiary/aromatic N) is 1. The van der Waals surface area contributed by atoms with Gasteiger partial charge in [-0.15, -0.1) is 0 Å². The molecule has 1 aromatic carbocycles. The molecule has 3 N–H and O–H groups in total. The van der Waals surface area contributed by atoms with Gasteiger partial charge in [0.2, 0.25) is 0 Å². The topological polar surface area (TPSA) is 83.1 Å². The van der Waals surface area contributed by atoms with Crippen LogP contribution in [-0.2, 0) is 10.3 Å². The van der Waals surface area contributed by atoms with Crippen molar-refractivity contribution in [2.24, 2.45) is 17.3 Å². The molecule has 0 radical (unpaired) electrons. The fourth-order valence-corrected chi connectivity index (χ4v) is 5.27. The van der Waals surface area contributed by atoms with Gasteiger partial charge in [-0.05, 0) is 63.0 Å². The van der Waals surface area contributed by atoms with E-state index >= 15 is 0 Å². The molecule has 2 amide bonds. The van der Waals surface area contributed by atoms with Crippen LogP contribution >= 0.6 is 0 Å². The van der Waals surface area contributed by atoms with Crippen molar-refractivity contribution in [3.05, 3.63) is 29.8 Å². The van der Waals surface area contributed by atoms with Gasteiger partial charge < -0.3 is 30.1 Å². The summed E-state index contributed by atoms with van der Waals surface area (Å²) in [5.74, 6) is 1.15. The van der Waals surface area contributed by atoms with E-state index in [1.807, 2.05) is 36.2 Å². The normalized spacial score (nSPS) is 18.9. The van der Waals surface area contributed by atoms with Crippen molar-refractivity contribution in [3.63, 3.8) is 0 Å². The Morgan fingerprint density at radius 3 is 2.59 bits per heavy atom. The standard InChI is InChI=1S/C30H53N3O4/c1-23(2)19-25(20-31-6)32-28(34)33-17-12-13-24(21-33)30(35,16-10-11-18-36-7)26-14-8-9-15-27(26)37-22-29(3,4)5/h8-9,14-15,23-25,31,35H,10-13,16-22H2,1-7H3,(H,32,34)/t24-,25+,30?/m1/s1. The molecule has 3 atom stereocenters. The number of hydrogen-bond acceptors (Lipinski definition) is 5. The molecule has 7 nitrogen and oxygen atoms in total. The van der Waals surface area contributed by atoms with Crippen molar-refractivity contribution in [1.29, 1.82) is 0 Å². The lowest BCUT2D eigenvalue weighted by Gasteiger charge is -2.43. The summed E-state index contributed by atoms with van der Waals surface area (Å²) >= 11 is 0. The lowest BCUT2D eigenvalue weighted by molar-refractivity contribution is -0.0583. The van der Waals surface area contributed by atoms with Gasteiger partial charge in [0.1, 0.15) is 5.75 Å². The number of amides is 2. The molecular weight excluding hydrogens is 466 g/mol. The molecule has 1 aliphatic heterocycles. The monoisotopic (exact) mass is 519 g/mol. The molecule has 1 aliphatic rings. The molecule has 0 saturated carbocycles. The number of urea groups is 1. The predicted octanol–water partition coefficient (Wildman–Crippen LogP) is 5.17. The zero-order chi connectivity index (χ0) is 27.5. The molecule has 1 unspecified atom stereocenters. The molecule has 0 bridgehead atoms. The number of benzene rings is 1. The van der Waals surface area contributed by atoms with E-state index < -0.39 is 5.60 Å². The summed E-state index contributed by atoms with van der Waals surface area (Å²) in [4.78, 5) is 15.2. The smallest absolute Gasteiger partial charge is 0.317 e. The van der Waals surface area contributed by atoms with Gasteiger partial charge in [0.15, 0.2) is 0 Å². The zero-order valence-corrected chi connectivity index (χ0v) is 24.4. The molecule has 1 aromatic rings. The van der Waals surface area contributed by atoms with Gasteiger partial charge in [-0.25, -0.2) is 4.79 Å². The highest BCUT2D eigenvalue weighted by atomic mass is 16.5. The van der Waals surface area contributed by atoms with E-state index in [-0.39, 0.29) is 23.4 Å². The third-order valence-electron chi connectivity index (χ3n) is 7.09. The van der Waals surface area contributed by atoms with E-state index in [1.165, 1.54) is 0 Å². The fourth-order valence-electron chi connectivity index (χ4n) is 5.27. The van der Waals surface area contributed by atoms with E-state index in [9.17, 15) is 9.90 Å². The molecule has 0 spiro atoms. The molecule has 7 heteroatoms. The summed E-state index contributed by atoms with van der Waals surface area (Å²) < 4.78 is 11.5. The highest BCUT2D eigenvalue weighted by Gasteiger charge is 2.43. The molecule has 37 heavy (non-hydrogen) atoms. The van der Waals surface area contributed by atoms with Crippen LogP contribution in [0.5, 0.6) is 5.75 Å². The van der Waals surface area contributed by atoms with Crippen LogP contribution in [0.15, 0.2) is 24.3 Å². The number of aliphatic hydroxyl groups is 1. The van der Waals surface area contributed by atoms with Crippen LogP contribution in [0, 0.1) is 17.3 Å². The van der Waals surface area contributed by atoms with E-state index in [0.717, 1.165) is 50.0 Å². The second-order valence-electron chi connectivity index (χ2n) is 12.3. The van der Waals surface area contributed by atoms with Gasteiger partial charge in [-0.3, -0.25) is 0 Å². The van der Waals surface area contributed by atoms with Crippen molar-refractivity contribution in [2.75, 3.05) is 47.0 Å². The fraction of sp³-hybridized carbons (Fsp3) is 0.767. The minimum Gasteiger partial charge on any atom is -0.493 e. The maximum atomic E-state index is 13.3. The Labute approximate surface area is 225 Å². The number of piperidine rings is 1. The van der Waals surface area contributed by atoms with E-state index in [2.05, 4.69) is 45.3 Å². The van der Waals surface area contributed by atoms with Crippen LogP contribution in [0.25, 0.3) is 0 Å². The molecule has 0 aliphatic carbocycles. The molecule has 0 aromatic heterocycles. The first kappa shape index (κ1) is 31.4. The van der Waals surface area contributed by atoms with Crippen molar-refractivity contribution in [1.82, 2.24) is 15.5 Å². The maximum absolute atomic E-state index is 13.3. The molecular formula is C30H53N3O4. The number of carbonyl (C=O) groups is 1. The Morgan fingerprint density at radius 1 is 1.22 bits per heavy atom. The van der Waals surface area contributed by atoms with Gasteiger partial charge in [-0.2, -0.15) is 0 Å². The lowest BCUT2D eigenvalue weighted by atomic mass is 9.73. The highest BCUT2D eigenvalue weighted by molar-refractivity contribution is 5.74. The Balaban J connectivity index is 2.28. The van der Waals surface area contributed by atoms with Crippen LogP contribution < -0.4 is 15.4 Å². The number of para-hydroxylation sites is 1. The Kier molecular flexibility index (Phi) is 12.7. The molecule has 1 saturated heterocycles. The zero-order valence-electron chi connectivity index (χ0n) is 24.4. The second-order valence-corrected chi connectivity index (χ2v) is 12.3. The summed E-state index contributed by atoms with van der Waals surface area (Å²) in [5, 5.41) is 18.9. The maximum Gasteiger partial charge on any atom is 0.317 e. The number of nitrogens with one attached hydrogen (secondary N) is 2. The summed E-state index contributed by atoms with van der Waals surface area (Å²) in [6, 6.07) is 7.94. The lowest BCUT2D eigenvalue weighted by Crippen LogP contribution is -2.54. The SMILES string of the molecule is CNC[C@H](CC(C)C)NC(=O)N1CCC[C@@H](C(O)(CCCCOC)c2ccccc2OCC(C)(C)C)C1. The largest absolute Gasteiger partial charge is 0.493 e. The Morgan fingerprint density at radius 2 is 1.95 bits per heavy atom. The van der Waals surface area contributed by atoms with Crippen LogP contribution in [0.3, 0.4) is 0 Å². The number of unbranched alkanes of at least 4 members (excludes halogenated alkanes) is 1. The second kappa shape index (κ2) is 14.9. The molecule has 1 heterocycles. The van der Waals surface area contributed by atoms with Gasteiger partial charge in [0, 0.05) is 50.9 Å². The number of hydrogen-bond donors (Lipinski definition) is 3. The molecule has 2 rings (SSSR count). The number of ether oxygens (including phenoxy) is 2. The van der Waals surface area contributed by atoms with Gasteiger partial charge >= 0.3 is 6.03 Å². The van der Waals surface area contributed by atoms with Crippen LogP contribution in [0.1, 0.15) is 78.7 Å². The van der Waals surface area contributed by atoms with E-state index in [0.29, 0.717) is 38.6 Å². The van der Waals surface area contributed by atoms with Gasteiger partial charge in [-0.1, -0.05) is 52.8 Å². The highest BCUT2D eigenvalue weighted by Crippen LogP contribution is 2.43. The van der Waals surface area contributed by atoms with Crippen molar-refractivity contribution >= 4 is 6.03 Å². The first-order valence-corrected chi connectivity index (χ1v) is 14.1. The summed E-state index contributed by atoms with van der Waals surface area (Å²) in [7, 11) is 3.62.